The summed E-state index contributed by atoms with van der Waals surface area (Å²) in [4.78, 5) is 11.7. The summed E-state index contributed by atoms with van der Waals surface area (Å²) in [5, 5.41) is 0. The molecule has 0 aliphatic rings. The van der Waals surface area contributed by atoms with Gasteiger partial charge in [-0.15, -0.1) is 0 Å². The SMILES string of the molecule is CC(C)c1cccc(-c2ncc[nH]2)n1. The molecule has 0 saturated carbocycles. The van der Waals surface area contributed by atoms with Crippen molar-refractivity contribution in [3.8, 4) is 11.5 Å². The average Bonchev–Trinajstić information content (AvgIpc) is 2.71. The van der Waals surface area contributed by atoms with Crippen molar-refractivity contribution in [2.75, 3.05) is 0 Å². The van der Waals surface area contributed by atoms with Crippen molar-refractivity contribution < 1.29 is 0 Å². The molecule has 0 aliphatic heterocycles. The number of aromatic nitrogens is 3. The third kappa shape index (κ3) is 1.66. The maximum Gasteiger partial charge on any atom is 0.155 e. The third-order valence-corrected chi connectivity index (χ3v) is 2.10. The Morgan fingerprint density at radius 1 is 1.29 bits per heavy atom. The molecule has 0 atom stereocenters. The number of pyridine rings is 1. The minimum Gasteiger partial charge on any atom is -0.343 e. The van der Waals surface area contributed by atoms with Gasteiger partial charge in [0, 0.05) is 18.1 Å². The zero-order valence-corrected chi connectivity index (χ0v) is 8.36. The molecule has 0 fully saturated rings. The Morgan fingerprint density at radius 3 is 2.79 bits per heavy atom. The second-order valence-electron chi connectivity index (χ2n) is 3.54. The first-order valence-electron chi connectivity index (χ1n) is 4.74. The van der Waals surface area contributed by atoms with Crippen molar-refractivity contribution in [1.82, 2.24) is 15.0 Å². The summed E-state index contributed by atoms with van der Waals surface area (Å²) in [5.41, 5.74) is 2.00. The molecule has 2 rings (SSSR count). The number of imidazole rings is 1. The van der Waals surface area contributed by atoms with Crippen LogP contribution in [0.4, 0.5) is 0 Å². The van der Waals surface area contributed by atoms with Crippen molar-refractivity contribution in [2.45, 2.75) is 19.8 Å². The molecule has 3 nitrogen and oxygen atoms in total. The van der Waals surface area contributed by atoms with E-state index in [0.717, 1.165) is 17.2 Å². The first-order valence-corrected chi connectivity index (χ1v) is 4.74. The largest absolute Gasteiger partial charge is 0.343 e. The van der Waals surface area contributed by atoms with Gasteiger partial charge in [0.1, 0.15) is 5.69 Å². The Morgan fingerprint density at radius 2 is 2.14 bits per heavy atom. The highest BCUT2D eigenvalue weighted by molar-refractivity contribution is 5.48. The van der Waals surface area contributed by atoms with E-state index in [1.165, 1.54) is 0 Å². The number of aromatic amines is 1. The molecule has 1 N–H and O–H groups in total. The van der Waals surface area contributed by atoms with Gasteiger partial charge in [-0.05, 0) is 18.1 Å². The maximum absolute atomic E-state index is 4.52. The van der Waals surface area contributed by atoms with Gasteiger partial charge in [-0.2, -0.15) is 0 Å². The van der Waals surface area contributed by atoms with Crippen molar-refractivity contribution in [3.63, 3.8) is 0 Å². The molecule has 2 aromatic heterocycles. The zero-order valence-electron chi connectivity index (χ0n) is 8.36. The fourth-order valence-electron chi connectivity index (χ4n) is 1.31. The van der Waals surface area contributed by atoms with Crippen LogP contribution >= 0.6 is 0 Å². The Labute approximate surface area is 83.2 Å². The number of rotatable bonds is 2. The molecule has 72 valence electrons. The Kier molecular flexibility index (Phi) is 2.31. The highest BCUT2D eigenvalue weighted by atomic mass is 14.9. The standard InChI is InChI=1S/C11H13N3/c1-8(2)9-4-3-5-10(14-9)11-12-6-7-13-11/h3-8H,1-2H3,(H,12,13). The quantitative estimate of drug-likeness (QED) is 0.785. The minimum atomic E-state index is 0.449. The monoisotopic (exact) mass is 187 g/mol. The average molecular weight is 187 g/mol. The molecular formula is C11H13N3. The van der Waals surface area contributed by atoms with E-state index in [0.29, 0.717) is 5.92 Å². The molecule has 0 aromatic carbocycles. The topological polar surface area (TPSA) is 41.6 Å². The van der Waals surface area contributed by atoms with Crippen LogP contribution in [0.15, 0.2) is 30.6 Å². The third-order valence-electron chi connectivity index (χ3n) is 2.10. The molecule has 0 radical (unpaired) electrons. The summed E-state index contributed by atoms with van der Waals surface area (Å²) < 4.78 is 0. The van der Waals surface area contributed by atoms with Crippen LogP contribution in [-0.4, -0.2) is 15.0 Å². The minimum absolute atomic E-state index is 0.449. The van der Waals surface area contributed by atoms with Crippen molar-refractivity contribution in [3.05, 3.63) is 36.3 Å². The van der Waals surface area contributed by atoms with Crippen LogP contribution in [0.25, 0.3) is 11.5 Å². The fraction of sp³-hybridized carbons (Fsp3) is 0.273. The molecule has 14 heavy (non-hydrogen) atoms. The van der Waals surface area contributed by atoms with Gasteiger partial charge >= 0.3 is 0 Å². The van der Waals surface area contributed by atoms with Gasteiger partial charge in [0.15, 0.2) is 5.82 Å². The summed E-state index contributed by atoms with van der Waals surface area (Å²) in [7, 11) is 0. The first kappa shape index (κ1) is 8.94. The molecule has 2 heterocycles. The van der Waals surface area contributed by atoms with Gasteiger partial charge in [0.05, 0.1) is 0 Å². The summed E-state index contributed by atoms with van der Waals surface area (Å²) in [6, 6.07) is 6.02. The van der Waals surface area contributed by atoms with Crippen LogP contribution in [0.2, 0.25) is 0 Å². The van der Waals surface area contributed by atoms with Crippen LogP contribution in [0.3, 0.4) is 0 Å². The highest BCUT2D eigenvalue weighted by Crippen LogP contribution is 2.16. The Balaban J connectivity index is 2.41. The van der Waals surface area contributed by atoms with Crippen molar-refractivity contribution in [2.24, 2.45) is 0 Å². The van der Waals surface area contributed by atoms with E-state index in [1.807, 2.05) is 18.2 Å². The Bertz CT molecular complexity index is 404. The van der Waals surface area contributed by atoms with Crippen LogP contribution in [0, 0.1) is 0 Å². The molecular weight excluding hydrogens is 174 g/mol. The van der Waals surface area contributed by atoms with E-state index >= 15 is 0 Å². The van der Waals surface area contributed by atoms with E-state index in [1.54, 1.807) is 12.4 Å². The summed E-state index contributed by atoms with van der Waals surface area (Å²) in [5.74, 6) is 1.28. The number of nitrogens with zero attached hydrogens (tertiary/aromatic N) is 2. The summed E-state index contributed by atoms with van der Waals surface area (Å²) in [6.07, 6.45) is 3.54. The molecule has 3 heteroatoms. The summed E-state index contributed by atoms with van der Waals surface area (Å²) >= 11 is 0. The van der Waals surface area contributed by atoms with Crippen molar-refractivity contribution in [1.29, 1.82) is 0 Å². The lowest BCUT2D eigenvalue weighted by molar-refractivity contribution is 0.823. The molecule has 2 aromatic rings. The van der Waals surface area contributed by atoms with Gasteiger partial charge in [0.25, 0.3) is 0 Å². The van der Waals surface area contributed by atoms with Crippen LogP contribution in [0.5, 0.6) is 0 Å². The van der Waals surface area contributed by atoms with Crippen LogP contribution < -0.4 is 0 Å². The second kappa shape index (κ2) is 3.62. The lowest BCUT2D eigenvalue weighted by Crippen LogP contribution is -1.94. The van der Waals surface area contributed by atoms with Gasteiger partial charge in [-0.25, -0.2) is 9.97 Å². The second-order valence-corrected chi connectivity index (χ2v) is 3.54. The normalized spacial score (nSPS) is 10.8. The van der Waals surface area contributed by atoms with E-state index in [2.05, 4.69) is 28.8 Å². The molecule has 0 unspecified atom stereocenters. The lowest BCUT2D eigenvalue weighted by Gasteiger charge is -2.04. The lowest BCUT2D eigenvalue weighted by atomic mass is 10.1. The molecule has 0 bridgehead atoms. The van der Waals surface area contributed by atoms with Gasteiger partial charge in [0.2, 0.25) is 0 Å². The first-order chi connectivity index (χ1) is 6.77. The predicted octanol–water partition coefficient (Wildman–Crippen LogP) is 2.60. The Hall–Kier alpha value is -1.64. The molecule has 0 spiro atoms. The van der Waals surface area contributed by atoms with E-state index in [9.17, 15) is 0 Å². The highest BCUT2D eigenvalue weighted by Gasteiger charge is 2.04. The number of hydrogen-bond acceptors (Lipinski definition) is 2. The summed E-state index contributed by atoms with van der Waals surface area (Å²) in [6.45, 7) is 4.27. The van der Waals surface area contributed by atoms with E-state index < -0.39 is 0 Å². The van der Waals surface area contributed by atoms with Crippen LogP contribution in [0.1, 0.15) is 25.5 Å². The number of H-pyrrole nitrogens is 1. The fourth-order valence-corrected chi connectivity index (χ4v) is 1.31. The number of hydrogen-bond donors (Lipinski definition) is 1. The van der Waals surface area contributed by atoms with E-state index in [-0.39, 0.29) is 0 Å². The van der Waals surface area contributed by atoms with Crippen LogP contribution in [-0.2, 0) is 0 Å². The molecule has 0 aliphatic carbocycles. The maximum atomic E-state index is 4.52. The van der Waals surface area contributed by atoms with Gasteiger partial charge < -0.3 is 4.98 Å². The van der Waals surface area contributed by atoms with Gasteiger partial charge in [-0.3, -0.25) is 0 Å². The van der Waals surface area contributed by atoms with E-state index in [4.69, 9.17) is 0 Å². The smallest absolute Gasteiger partial charge is 0.155 e. The van der Waals surface area contributed by atoms with Gasteiger partial charge in [-0.1, -0.05) is 19.9 Å². The molecule has 0 amide bonds. The van der Waals surface area contributed by atoms with Crippen molar-refractivity contribution >= 4 is 0 Å². The number of nitrogens with one attached hydrogen (secondary N) is 1. The zero-order chi connectivity index (χ0) is 9.97. The molecule has 0 saturated heterocycles. The predicted molar refractivity (Wildman–Crippen MR) is 55.9 cm³/mol.